The quantitative estimate of drug-likeness (QED) is 0.846. The molecule has 3 rings (SSSR count). The first kappa shape index (κ1) is 18.8. The molecule has 2 saturated heterocycles. The number of nitrogens with zero attached hydrogens (tertiary/aromatic N) is 1. The first-order valence-electron chi connectivity index (χ1n) is 9.22. The average Bonchev–Trinajstić information content (AvgIpc) is 2.76. The van der Waals surface area contributed by atoms with Crippen molar-refractivity contribution < 1.29 is 19.1 Å². The second-order valence-electron chi connectivity index (χ2n) is 8.14. The summed E-state index contributed by atoms with van der Waals surface area (Å²) in [4.78, 5) is 2.07. The first-order chi connectivity index (χ1) is 11.7. The van der Waals surface area contributed by atoms with Crippen LogP contribution in [0.15, 0.2) is 24.3 Å². The van der Waals surface area contributed by atoms with Crippen molar-refractivity contribution in [3.8, 4) is 5.75 Å². The van der Waals surface area contributed by atoms with Gasteiger partial charge in [-0.15, -0.1) is 0 Å². The predicted molar refractivity (Wildman–Crippen MR) is 101 cm³/mol. The summed E-state index contributed by atoms with van der Waals surface area (Å²) in [6, 6.07) is 8.01. The Labute approximate surface area is 151 Å². The van der Waals surface area contributed by atoms with E-state index in [0.717, 1.165) is 37.1 Å². The van der Waals surface area contributed by atoms with E-state index < -0.39 is 0 Å². The van der Waals surface area contributed by atoms with Crippen LogP contribution in [-0.2, 0) is 9.31 Å². The van der Waals surface area contributed by atoms with E-state index in [0.29, 0.717) is 0 Å². The molecule has 0 aliphatic carbocycles. The third-order valence-electron chi connectivity index (χ3n) is 5.71. The summed E-state index contributed by atoms with van der Waals surface area (Å²) >= 11 is 0. The lowest BCUT2D eigenvalue weighted by atomic mass is 9.79. The Balaban J connectivity index is 1.57. The summed E-state index contributed by atoms with van der Waals surface area (Å²) in [5.41, 5.74) is 0.352. The summed E-state index contributed by atoms with van der Waals surface area (Å²) in [6.07, 6.45) is 2.08. The Hall–Kier alpha value is -1.01. The van der Waals surface area contributed by atoms with Crippen LogP contribution in [0.2, 0.25) is 6.82 Å². The summed E-state index contributed by atoms with van der Waals surface area (Å²) in [5, 5.41) is 9.62. The molecule has 136 valence electrons. The third-order valence-corrected chi connectivity index (χ3v) is 5.71. The van der Waals surface area contributed by atoms with E-state index in [-0.39, 0.29) is 31.5 Å². The molecule has 0 saturated carbocycles. The van der Waals surface area contributed by atoms with Gasteiger partial charge in [0.05, 0.1) is 11.2 Å². The van der Waals surface area contributed by atoms with Crippen molar-refractivity contribution >= 4 is 19.6 Å². The fourth-order valence-electron chi connectivity index (χ4n) is 3.24. The fraction of sp³-hybridized carbons (Fsp3) is 0.667. The summed E-state index contributed by atoms with van der Waals surface area (Å²) in [5.74, 6) is 0.871. The molecule has 0 aromatic heterocycles. The molecule has 25 heavy (non-hydrogen) atoms. The summed E-state index contributed by atoms with van der Waals surface area (Å²) < 4.78 is 18.3. The number of piperidine rings is 1. The van der Waals surface area contributed by atoms with E-state index in [4.69, 9.17) is 14.0 Å². The molecular weight excluding hydrogens is 316 g/mol. The zero-order valence-corrected chi connectivity index (χ0v) is 16.0. The van der Waals surface area contributed by atoms with Crippen LogP contribution in [0, 0.1) is 0 Å². The Bertz CT molecular complexity index is 567. The molecule has 2 heterocycles. The van der Waals surface area contributed by atoms with Gasteiger partial charge in [-0.1, -0.05) is 12.1 Å². The highest BCUT2D eigenvalue weighted by Gasteiger charge is 2.51. The molecule has 0 spiro atoms. The number of hydrogen-bond acceptors (Lipinski definition) is 5. The van der Waals surface area contributed by atoms with Gasteiger partial charge in [0, 0.05) is 0 Å². The van der Waals surface area contributed by atoms with Crippen LogP contribution in [0.4, 0.5) is 0 Å². The number of ether oxygens (including phenoxy) is 1. The second kappa shape index (κ2) is 6.95. The molecule has 0 unspecified atom stereocenters. The second-order valence-corrected chi connectivity index (χ2v) is 8.14. The maximum absolute atomic E-state index is 9.62. The highest BCUT2D eigenvalue weighted by Crippen LogP contribution is 2.36. The highest BCUT2D eigenvalue weighted by molar-refractivity contribution is 6.62. The van der Waals surface area contributed by atoms with Gasteiger partial charge in [-0.25, -0.2) is 0 Å². The smallest absolute Gasteiger partial charge is 0.490 e. The summed E-state index contributed by atoms with van der Waals surface area (Å²) in [7, 11) is -0.714. The van der Waals surface area contributed by atoms with Crippen LogP contribution in [0.5, 0.6) is 5.75 Å². The van der Waals surface area contributed by atoms with Crippen molar-refractivity contribution in [1.82, 2.24) is 4.81 Å². The van der Waals surface area contributed by atoms with Gasteiger partial charge in [-0.05, 0) is 78.0 Å². The van der Waals surface area contributed by atoms with E-state index in [2.05, 4.69) is 32.5 Å². The zero-order chi connectivity index (χ0) is 18.2. The Morgan fingerprint density at radius 3 is 2.08 bits per heavy atom. The minimum Gasteiger partial charge on any atom is -0.490 e. The Morgan fingerprint density at radius 2 is 1.60 bits per heavy atom. The van der Waals surface area contributed by atoms with Crippen molar-refractivity contribution in [1.29, 1.82) is 0 Å². The van der Waals surface area contributed by atoms with Gasteiger partial charge >= 0.3 is 14.2 Å². The van der Waals surface area contributed by atoms with Crippen LogP contribution in [0.1, 0.15) is 40.5 Å². The molecule has 7 heteroatoms. The number of hydrogen-bond donors (Lipinski definition) is 1. The van der Waals surface area contributed by atoms with Crippen molar-refractivity contribution in [2.75, 3.05) is 13.1 Å². The van der Waals surface area contributed by atoms with Gasteiger partial charge in [0.2, 0.25) is 0 Å². The van der Waals surface area contributed by atoms with Gasteiger partial charge < -0.3 is 23.9 Å². The van der Waals surface area contributed by atoms with Gasteiger partial charge in [-0.3, -0.25) is 0 Å². The van der Waals surface area contributed by atoms with Crippen molar-refractivity contribution in [3.05, 3.63) is 24.3 Å². The molecule has 0 atom stereocenters. The molecule has 2 fully saturated rings. The molecule has 5 nitrogen and oxygen atoms in total. The molecule has 0 bridgehead atoms. The van der Waals surface area contributed by atoms with Gasteiger partial charge in [-0.2, -0.15) is 0 Å². The molecule has 1 N–H and O–H groups in total. The maximum atomic E-state index is 9.62. The van der Waals surface area contributed by atoms with E-state index in [1.807, 2.05) is 31.1 Å². The lowest BCUT2D eigenvalue weighted by Crippen LogP contribution is -2.45. The topological polar surface area (TPSA) is 51.2 Å². The van der Waals surface area contributed by atoms with Crippen LogP contribution < -0.4 is 10.2 Å². The number of rotatable bonds is 4. The lowest BCUT2D eigenvalue weighted by molar-refractivity contribution is 0.00578. The van der Waals surface area contributed by atoms with E-state index in [1.54, 1.807) is 0 Å². The van der Waals surface area contributed by atoms with Crippen LogP contribution in [0.3, 0.4) is 0 Å². The Kier molecular flexibility index (Phi) is 5.22. The molecule has 0 radical (unpaired) electrons. The van der Waals surface area contributed by atoms with Crippen LogP contribution >= 0.6 is 0 Å². The van der Waals surface area contributed by atoms with Crippen molar-refractivity contribution in [3.63, 3.8) is 0 Å². The summed E-state index contributed by atoms with van der Waals surface area (Å²) in [6.45, 7) is 11.8. The lowest BCUT2D eigenvalue weighted by Gasteiger charge is -2.32. The van der Waals surface area contributed by atoms with Gasteiger partial charge in [0.25, 0.3) is 0 Å². The van der Waals surface area contributed by atoms with Gasteiger partial charge in [0.1, 0.15) is 11.9 Å². The largest absolute Gasteiger partial charge is 0.494 e. The van der Waals surface area contributed by atoms with Crippen LogP contribution in [0.25, 0.3) is 0 Å². The maximum Gasteiger partial charge on any atom is 0.494 e. The average molecular weight is 345 g/mol. The fourth-order valence-corrected chi connectivity index (χ4v) is 3.24. The minimum atomic E-state index is -0.375. The van der Waals surface area contributed by atoms with E-state index in [1.165, 1.54) is 0 Å². The molecule has 2 aliphatic heterocycles. The minimum absolute atomic E-state index is 0.206. The first-order valence-corrected chi connectivity index (χ1v) is 9.22. The monoisotopic (exact) mass is 345 g/mol. The standard InChI is InChI=1S/C18H29B2NO4/c1-17(2)18(3,4)25-20(24-17)14-6-8-15(9-7-14)23-16-10-12-21(13-11-16)19(5)22/h6-9,16,22H,10-13H2,1-5H3. The third kappa shape index (κ3) is 4.05. The normalized spacial score (nSPS) is 23.7. The van der Waals surface area contributed by atoms with Gasteiger partial charge in [0.15, 0.2) is 0 Å². The van der Waals surface area contributed by atoms with E-state index >= 15 is 0 Å². The molecule has 0 amide bonds. The van der Waals surface area contributed by atoms with Crippen LogP contribution in [-0.4, -0.2) is 54.4 Å². The van der Waals surface area contributed by atoms with Crippen molar-refractivity contribution in [2.45, 2.75) is 64.7 Å². The molecule has 1 aromatic rings. The number of benzene rings is 1. The van der Waals surface area contributed by atoms with E-state index in [9.17, 15) is 5.02 Å². The van der Waals surface area contributed by atoms with Crippen molar-refractivity contribution in [2.24, 2.45) is 0 Å². The molecular formula is C18H29B2NO4. The molecule has 1 aromatic carbocycles. The SMILES string of the molecule is CB(O)N1CCC(Oc2ccc(B3OC(C)(C)C(C)(C)O3)cc2)CC1. The predicted octanol–water partition coefficient (Wildman–Crippen LogP) is 1.94. The molecule has 2 aliphatic rings. The highest BCUT2D eigenvalue weighted by atomic mass is 16.7. The zero-order valence-electron chi connectivity index (χ0n) is 16.0. The Morgan fingerprint density at radius 1 is 1.08 bits per heavy atom.